The Bertz CT molecular complexity index is 642. The van der Waals surface area contributed by atoms with Gasteiger partial charge in [-0.1, -0.05) is 0 Å². The molecule has 3 heterocycles. The van der Waals surface area contributed by atoms with Crippen LogP contribution in [0.1, 0.15) is 18.4 Å². The maximum absolute atomic E-state index is 10.5. The minimum Gasteiger partial charge on any atom is -0.481 e. The van der Waals surface area contributed by atoms with Crippen LogP contribution in [0.4, 0.5) is 0 Å². The normalized spacial score (nSPS) is 23.4. The van der Waals surface area contributed by atoms with Gasteiger partial charge < -0.3 is 20.3 Å². The van der Waals surface area contributed by atoms with Crippen LogP contribution in [-0.2, 0) is 11.2 Å². The van der Waals surface area contributed by atoms with Crippen molar-refractivity contribution in [3.63, 3.8) is 0 Å². The van der Waals surface area contributed by atoms with Crippen LogP contribution in [0.15, 0.2) is 24.4 Å². The van der Waals surface area contributed by atoms with Crippen molar-refractivity contribution in [3.05, 3.63) is 30.0 Å². The van der Waals surface area contributed by atoms with Gasteiger partial charge in [0.25, 0.3) is 0 Å². The van der Waals surface area contributed by atoms with Crippen molar-refractivity contribution >= 4 is 11.0 Å². The second kappa shape index (κ2) is 6.56. The number of ether oxygens (including phenoxy) is 2. The number of aromatic nitrogens is 2. The highest BCUT2D eigenvalue weighted by Gasteiger charge is 2.26. The summed E-state index contributed by atoms with van der Waals surface area (Å²) in [6.45, 7) is 0.505. The van der Waals surface area contributed by atoms with E-state index in [1.807, 2.05) is 12.1 Å². The molecule has 3 atom stereocenters. The molecule has 22 heavy (non-hydrogen) atoms. The van der Waals surface area contributed by atoms with Crippen LogP contribution in [0.2, 0.25) is 0 Å². The zero-order valence-electron chi connectivity index (χ0n) is 12.6. The predicted octanol–water partition coefficient (Wildman–Crippen LogP) is 1.05. The van der Waals surface area contributed by atoms with Gasteiger partial charge in [-0.2, -0.15) is 0 Å². The Hall–Kier alpha value is -1.76. The number of pyridine rings is 2. The minimum atomic E-state index is -0.578. The molecule has 0 amide bonds. The van der Waals surface area contributed by atoms with E-state index < -0.39 is 6.10 Å². The first-order valence-electron chi connectivity index (χ1n) is 7.51. The molecule has 1 fully saturated rings. The summed E-state index contributed by atoms with van der Waals surface area (Å²) in [5.74, 6) is 0.538. The average molecular weight is 303 g/mol. The second-order valence-corrected chi connectivity index (χ2v) is 5.67. The topological polar surface area (TPSA) is 90.5 Å². The number of hydrogen-bond acceptors (Lipinski definition) is 6. The van der Waals surface area contributed by atoms with E-state index in [0.29, 0.717) is 18.9 Å². The highest BCUT2D eigenvalue weighted by molar-refractivity contribution is 5.78. The first kappa shape index (κ1) is 15.1. The van der Waals surface area contributed by atoms with Crippen LogP contribution >= 0.6 is 0 Å². The third kappa shape index (κ3) is 3.19. The van der Waals surface area contributed by atoms with Gasteiger partial charge in [0.1, 0.15) is 0 Å². The summed E-state index contributed by atoms with van der Waals surface area (Å²) in [4.78, 5) is 8.75. The number of aliphatic hydroxyl groups is 1. The molecule has 0 aliphatic carbocycles. The number of hydrogen-bond donors (Lipinski definition) is 2. The van der Waals surface area contributed by atoms with Crippen molar-refractivity contribution in [2.45, 2.75) is 37.5 Å². The molecule has 0 radical (unpaired) electrons. The Morgan fingerprint density at radius 2 is 2.27 bits per heavy atom. The first-order chi connectivity index (χ1) is 10.7. The standard InChI is InChI=1S/C16H21N3O3/c1-21-15-5-3-12-16(19-15)10(6-7-18-12)8-13(20)14-4-2-11(17)9-22-14/h3,5-7,11,13-14,20H,2,4,8-9,17H2,1H3/t11-,13-,14+/m0/s1. The predicted molar refractivity (Wildman–Crippen MR) is 82.8 cm³/mol. The molecule has 6 nitrogen and oxygen atoms in total. The van der Waals surface area contributed by atoms with Crippen molar-refractivity contribution in [1.29, 1.82) is 0 Å². The van der Waals surface area contributed by atoms with E-state index in [4.69, 9.17) is 15.2 Å². The van der Waals surface area contributed by atoms with Crippen molar-refractivity contribution in [2.75, 3.05) is 13.7 Å². The summed E-state index contributed by atoms with van der Waals surface area (Å²) < 4.78 is 10.8. The smallest absolute Gasteiger partial charge is 0.213 e. The fourth-order valence-electron chi connectivity index (χ4n) is 2.79. The van der Waals surface area contributed by atoms with Crippen molar-refractivity contribution in [3.8, 4) is 5.88 Å². The van der Waals surface area contributed by atoms with Gasteiger partial charge in [-0.3, -0.25) is 4.98 Å². The van der Waals surface area contributed by atoms with E-state index in [1.54, 1.807) is 19.4 Å². The number of nitrogens with two attached hydrogens (primary N) is 1. The van der Waals surface area contributed by atoms with Crippen molar-refractivity contribution in [1.82, 2.24) is 9.97 Å². The molecule has 0 bridgehead atoms. The van der Waals surface area contributed by atoms with Crippen molar-refractivity contribution in [2.24, 2.45) is 5.73 Å². The van der Waals surface area contributed by atoms with E-state index in [1.165, 1.54) is 0 Å². The molecule has 3 N–H and O–H groups in total. The Morgan fingerprint density at radius 3 is 3.00 bits per heavy atom. The minimum absolute atomic E-state index is 0.0798. The average Bonchev–Trinajstić information content (AvgIpc) is 2.55. The summed E-state index contributed by atoms with van der Waals surface area (Å²) in [6, 6.07) is 5.61. The molecular weight excluding hydrogens is 282 g/mol. The lowest BCUT2D eigenvalue weighted by Crippen LogP contribution is -2.41. The maximum Gasteiger partial charge on any atom is 0.213 e. The summed E-state index contributed by atoms with van der Waals surface area (Å²) in [5, 5.41) is 10.5. The Balaban J connectivity index is 1.80. The van der Waals surface area contributed by atoms with E-state index in [0.717, 1.165) is 29.4 Å². The molecule has 6 heteroatoms. The van der Waals surface area contributed by atoms with Crippen LogP contribution in [-0.4, -0.2) is 47.0 Å². The molecule has 1 saturated heterocycles. The molecule has 1 aliphatic rings. The number of aliphatic hydroxyl groups excluding tert-OH is 1. The Labute approximate surface area is 129 Å². The zero-order valence-corrected chi connectivity index (χ0v) is 12.6. The summed E-state index contributed by atoms with van der Waals surface area (Å²) in [5.41, 5.74) is 8.30. The first-order valence-corrected chi connectivity index (χ1v) is 7.51. The SMILES string of the molecule is COc1ccc2nccc(C[C@H](O)[C@H]3CC[C@H](N)CO3)c2n1. The van der Waals surface area contributed by atoms with Gasteiger partial charge >= 0.3 is 0 Å². The monoisotopic (exact) mass is 303 g/mol. The van der Waals surface area contributed by atoms with Gasteiger partial charge in [0.2, 0.25) is 5.88 Å². The van der Waals surface area contributed by atoms with E-state index >= 15 is 0 Å². The number of methoxy groups -OCH3 is 1. The van der Waals surface area contributed by atoms with Gasteiger partial charge in [0, 0.05) is 24.7 Å². The van der Waals surface area contributed by atoms with Crippen LogP contribution in [0.3, 0.4) is 0 Å². The van der Waals surface area contributed by atoms with Gasteiger partial charge in [-0.05, 0) is 30.5 Å². The largest absolute Gasteiger partial charge is 0.481 e. The van der Waals surface area contributed by atoms with Crippen LogP contribution in [0.5, 0.6) is 5.88 Å². The third-order valence-electron chi connectivity index (χ3n) is 4.06. The number of fused-ring (bicyclic) bond motifs is 1. The Kier molecular flexibility index (Phi) is 4.52. The molecule has 0 aromatic carbocycles. The lowest BCUT2D eigenvalue weighted by atomic mass is 9.96. The highest BCUT2D eigenvalue weighted by atomic mass is 16.5. The van der Waals surface area contributed by atoms with Gasteiger partial charge in [-0.25, -0.2) is 4.98 Å². The molecule has 1 aliphatic heterocycles. The molecule has 2 aromatic rings. The highest BCUT2D eigenvalue weighted by Crippen LogP contribution is 2.23. The molecule has 0 unspecified atom stereocenters. The maximum atomic E-state index is 10.5. The van der Waals surface area contributed by atoms with Gasteiger partial charge in [0.15, 0.2) is 0 Å². The van der Waals surface area contributed by atoms with Gasteiger partial charge in [0.05, 0.1) is 37.0 Å². The third-order valence-corrected chi connectivity index (χ3v) is 4.06. The van der Waals surface area contributed by atoms with E-state index in [-0.39, 0.29) is 12.1 Å². The van der Waals surface area contributed by atoms with Crippen molar-refractivity contribution < 1.29 is 14.6 Å². The lowest BCUT2D eigenvalue weighted by molar-refractivity contribution is -0.0671. The van der Waals surface area contributed by atoms with E-state index in [2.05, 4.69) is 9.97 Å². The summed E-state index contributed by atoms with van der Waals surface area (Å²) in [6.07, 6.45) is 3.11. The molecule has 0 spiro atoms. The molecule has 3 rings (SSSR count). The number of nitrogens with zero attached hydrogens (tertiary/aromatic N) is 2. The van der Waals surface area contributed by atoms with E-state index in [9.17, 15) is 5.11 Å². The fraction of sp³-hybridized carbons (Fsp3) is 0.500. The second-order valence-electron chi connectivity index (χ2n) is 5.67. The van der Waals surface area contributed by atoms with Gasteiger partial charge in [-0.15, -0.1) is 0 Å². The number of rotatable bonds is 4. The van der Waals surface area contributed by atoms with Crippen LogP contribution in [0, 0.1) is 0 Å². The molecule has 2 aromatic heterocycles. The quantitative estimate of drug-likeness (QED) is 0.877. The molecule has 118 valence electrons. The Morgan fingerprint density at radius 1 is 1.41 bits per heavy atom. The summed E-state index contributed by atoms with van der Waals surface area (Å²) in [7, 11) is 1.58. The lowest BCUT2D eigenvalue weighted by Gasteiger charge is -2.30. The molecular formula is C16H21N3O3. The fourth-order valence-corrected chi connectivity index (χ4v) is 2.79. The zero-order chi connectivity index (χ0) is 15.5. The molecule has 0 saturated carbocycles. The summed E-state index contributed by atoms with van der Waals surface area (Å²) >= 11 is 0. The van der Waals surface area contributed by atoms with Crippen LogP contribution in [0.25, 0.3) is 11.0 Å². The van der Waals surface area contributed by atoms with Crippen LogP contribution < -0.4 is 10.5 Å².